The fourth-order valence-corrected chi connectivity index (χ4v) is 6.73. The molecule has 1 atom stereocenters. The van der Waals surface area contributed by atoms with Crippen LogP contribution in [0.3, 0.4) is 0 Å². The lowest BCUT2D eigenvalue weighted by Crippen LogP contribution is -2.44. The standard InChI is InChI=1S/C28H33N5O4S.2ClH/c1-2-38(35,36)33-25-8-7-24(37-23-9-11-32(12-10-23)27(34)17-29)15-22(25)16-26(33)19-5-3-18-4-6-20(28(30)31)14-21(18)13-19;;/h3-8,13-15,23,26H,2,9-12,16-17,29H2,1H3,(H3,30,31);2*1H. The maximum Gasteiger partial charge on any atom is 0.236 e. The van der Waals surface area contributed by atoms with Gasteiger partial charge in [-0.15, -0.1) is 24.8 Å². The summed E-state index contributed by atoms with van der Waals surface area (Å²) in [7, 11) is -3.55. The number of fused-ring (bicyclic) bond motifs is 2. The molecule has 2 aliphatic heterocycles. The van der Waals surface area contributed by atoms with E-state index in [1.807, 2.05) is 54.6 Å². The molecule has 0 radical (unpaired) electrons. The van der Waals surface area contributed by atoms with Gasteiger partial charge in [0.2, 0.25) is 15.9 Å². The number of halogens is 2. The van der Waals surface area contributed by atoms with Gasteiger partial charge in [-0.25, -0.2) is 8.42 Å². The van der Waals surface area contributed by atoms with E-state index in [0.29, 0.717) is 36.5 Å². The normalized spacial score (nSPS) is 17.1. The van der Waals surface area contributed by atoms with E-state index in [4.69, 9.17) is 21.6 Å². The van der Waals surface area contributed by atoms with Crippen LogP contribution in [0.4, 0.5) is 5.69 Å². The van der Waals surface area contributed by atoms with Crippen molar-refractivity contribution in [2.75, 3.05) is 29.7 Å². The lowest BCUT2D eigenvalue weighted by molar-refractivity contribution is -0.131. The highest BCUT2D eigenvalue weighted by atomic mass is 35.5. The van der Waals surface area contributed by atoms with Crippen molar-refractivity contribution in [3.8, 4) is 5.75 Å². The molecule has 3 aromatic carbocycles. The second-order valence-electron chi connectivity index (χ2n) is 9.84. The monoisotopic (exact) mass is 607 g/mol. The average molecular weight is 609 g/mol. The van der Waals surface area contributed by atoms with Gasteiger partial charge in [0.15, 0.2) is 0 Å². The van der Waals surface area contributed by atoms with Gasteiger partial charge >= 0.3 is 0 Å². The second-order valence-corrected chi connectivity index (χ2v) is 12.0. The number of piperidine rings is 1. The smallest absolute Gasteiger partial charge is 0.236 e. The molecular formula is C28H35Cl2N5O4S. The van der Waals surface area contributed by atoms with Crippen molar-refractivity contribution in [3.63, 3.8) is 0 Å². The average Bonchev–Trinajstić information content (AvgIpc) is 3.32. The molecular weight excluding hydrogens is 573 g/mol. The number of sulfonamides is 1. The lowest BCUT2D eigenvalue weighted by atomic mass is 9.98. The van der Waals surface area contributed by atoms with E-state index in [1.165, 1.54) is 0 Å². The fraction of sp³-hybridized carbons (Fsp3) is 0.357. The van der Waals surface area contributed by atoms with E-state index in [1.54, 1.807) is 16.1 Å². The molecule has 1 fully saturated rings. The topological polar surface area (TPSA) is 143 Å². The molecule has 1 amide bonds. The summed E-state index contributed by atoms with van der Waals surface area (Å²) in [6.07, 6.45) is 1.95. The number of hydrogen-bond donors (Lipinski definition) is 3. The molecule has 9 nitrogen and oxygen atoms in total. The number of ether oxygens (including phenoxy) is 1. The van der Waals surface area contributed by atoms with Crippen LogP contribution in [-0.2, 0) is 21.2 Å². The molecule has 40 heavy (non-hydrogen) atoms. The predicted molar refractivity (Wildman–Crippen MR) is 164 cm³/mol. The summed E-state index contributed by atoms with van der Waals surface area (Å²) in [5.74, 6) is 0.635. The number of nitrogens with zero attached hydrogens (tertiary/aromatic N) is 2. The van der Waals surface area contributed by atoms with E-state index >= 15 is 0 Å². The van der Waals surface area contributed by atoms with Crippen LogP contribution in [-0.4, -0.2) is 56.6 Å². The quantitative estimate of drug-likeness (QED) is 0.276. The Morgan fingerprint density at radius 3 is 2.38 bits per heavy atom. The Labute approximate surface area is 247 Å². The van der Waals surface area contributed by atoms with Crippen molar-refractivity contribution < 1.29 is 17.9 Å². The van der Waals surface area contributed by atoms with Gasteiger partial charge in [0.1, 0.15) is 17.7 Å². The van der Waals surface area contributed by atoms with Crippen molar-refractivity contribution in [2.24, 2.45) is 11.5 Å². The Kier molecular flexibility index (Phi) is 9.94. The van der Waals surface area contributed by atoms with Crippen LogP contribution < -0.4 is 20.5 Å². The fourth-order valence-electron chi connectivity index (χ4n) is 5.39. The van der Waals surface area contributed by atoms with Gasteiger partial charge in [-0.3, -0.25) is 14.5 Å². The molecule has 0 aromatic heterocycles. The van der Waals surface area contributed by atoms with Crippen LogP contribution >= 0.6 is 24.8 Å². The number of carbonyl (C=O) groups is 1. The SMILES string of the molecule is CCS(=O)(=O)N1c2ccc(OC3CCN(C(=O)CN)CC3)cc2CC1c1ccc2ccc(C(=N)N)cc2c1.Cl.Cl. The number of nitrogens with one attached hydrogen (secondary N) is 1. The van der Waals surface area contributed by atoms with Gasteiger partial charge in [-0.2, -0.15) is 0 Å². The first-order valence-electron chi connectivity index (χ1n) is 12.9. The summed E-state index contributed by atoms with van der Waals surface area (Å²) in [6.45, 7) is 2.90. The predicted octanol–water partition coefficient (Wildman–Crippen LogP) is 3.75. The van der Waals surface area contributed by atoms with Crippen molar-refractivity contribution >= 4 is 63.0 Å². The number of benzene rings is 3. The van der Waals surface area contributed by atoms with Crippen molar-refractivity contribution in [1.82, 2.24) is 4.90 Å². The Morgan fingerprint density at radius 2 is 1.73 bits per heavy atom. The minimum atomic E-state index is -3.55. The molecule has 5 rings (SSSR count). The second kappa shape index (κ2) is 12.6. The lowest BCUT2D eigenvalue weighted by Gasteiger charge is -2.32. The number of amides is 1. The minimum absolute atomic E-state index is 0. The van der Waals surface area contributed by atoms with E-state index in [2.05, 4.69) is 0 Å². The van der Waals surface area contributed by atoms with Crippen molar-refractivity contribution in [2.45, 2.75) is 38.3 Å². The molecule has 1 unspecified atom stereocenters. The summed E-state index contributed by atoms with van der Waals surface area (Å²) < 4.78 is 34.3. The number of anilines is 1. The molecule has 3 aromatic rings. The number of amidine groups is 1. The van der Waals surface area contributed by atoms with E-state index in [0.717, 1.165) is 34.7 Å². The van der Waals surface area contributed by atoms with Crippen LogP contribution in [0, 0.1) is 5.41 Å². The highest BCUT2D eigenvalue weighted by molar-refractivity contribution is 7.92. The summed E-state index contributed by atoms with van der Waals surface area (Å²) in [5.41, 5.74) is 14.3. The summed E-state index contributed by atoms with van der Waals surface area (Å²) >= 11 is 0. The number of nitrogens with two attached hydrogens (primary N) is 2. The zero-order chi connectivity index (χ0) is 27.0. The van der Waals surface area contributed by atoms with Gasteiger partial charge < -0.3 is 21.1 Å². The zero-order valence-corrected chi connectivity index (χ0v) is 24.7. The molecule has 2 aliphatic rings. The molecule has 0 saturated carbocycles. The first-order chi connectivity index (χ1) is 18.2. The highest BCUT2D eigenvalue weighted by Gasteiger charge is 2.38. The van der Waals surface area contributed by atoms with Crippen LogP contribution in [0.25, 0.3) is 10.8 Å². The molecule has 12 heteroatoms. The number of nitrogen functional groups attached to an aromatic ring is 1. The van der Waals surface area contributed by atoms with Gasteiger partial charge in [0.05, 0.1) is 24.0 Å². The van der Waals surface area contributed by atoms with Crippen LogP contribution in [0.15, 0.2) is 54.6 Å². The maximum atomic E-state index is 13.3. The van der Waals surface area contributed by atoms with Crippen LogP contribution in [0.1, 0.15) is 42.5 Å². The molecule has 2 heterocycles. The molecule has 0 spiro atoms. The number of rotatable bonds is 7. The Bertz CT molecular complexity index is 1510. The van der Waals surface area contributed by atoms with Gasteiger partial charge in [-0.05, 0) is 59.2 Å². The van der Waals surface area contributed by atoms with Gasteiger partial charge in [0.25, 0.3) is 0 Å². The molecule has 0 bridgehead atoms. The first-order valence-corrected chi connectivity index (χ1v) is 14.5. The van der Waals surface area contributed by atoms with E-state index < -0.39 is 10.0 Å². The van der Waals surface area contributed by atoms with E-state index in [9.17, 15) is 13.2 Å². The van der Waals surface area contributed by atoms with Crippen LogP contribution in [0.5, 0.6) is 5.75 Å². The maximum absolute atomic E-state index is 13.3. The van der Waals surface area contributed by atoms with Crippen molar-refractivity contribution in [1.29, 1.82) is 5.41 Å². The molecule has 1 saturated heterocycles. The number of hydrogen-bond acceptors (Lipinski definition) is 6. The Balaban J connectivity index is 0.00000220. The molecule has 5 N–H and O–H groups in total. The largest absolute Gasteiger partial charge is 0.490 e. The zero-order valence-electron chi connectivity index (χ0n) is 22.2. The summed E-state index contributed by atoms with van der Waals surface area (Å²) in [4.78, 5) is 13.6. The van der Waals surface area contributed by atoms with Crippen molar-refractivity contribution in [3.05, 3.63) is 71.3 Å². The molecule has 0 aliphatic carbocycles. The number of carbonyl (C=O) groups excluding carboxylic acids is 1. The Morgan fingerprint density at radius 1 is 1.02 bits per heavy atom. The summed E-state index contributed by atoms with van der Waals surface area (Å²) in [5, 5.41) is 9.66. The third kappa shape index (κ3) is 6.15. The third-order valence-corrected chi connectivity index (χ3v) is 9.26. The van der Waals surface area contributed by atoms with Gasteiger partial charge in [-0.1, -0.05) is 24.3 Å². The van der Waals surface area contributed by atoms with Gasteiger partial charge in [0, 0.05) is 37.9 Å². The minimum Gasteiger partial charge on any atom is -0.490 e. The summed E-state index contributed by atoms with van der Waals surface area (Å²) in [6, 6.07) is 16.7. The third-order valence-electron chi connectivity index (χ3n) is 7.48. The molecule has 216 valence electrons. The number of likely N-dealkylation sites (tertiary alicyclic amines) is 1. The van der Waals surface area contributed by atoms with Crippen LogP contribution in [0.2, 0.25) is 0 Å². The first kappa shape index (κ1) is 31.5. The Hall–Kier alpha value is -3.05. The highest BCUT2D eigenvalue weighted by Crippen LogP contribution is 2.44. The van der Waals surface area contributed by atoms with E-state index in [-0.39, 0.29) is 61.0 Å².